The van der Waals surface area contributed by atoms with E-state index in [0.29, 0.717) is 17.3 Å². The lowest BCUT2D eigenvalue weighted by Gasteiger charge is -2.01. The lowest BCUT2D eigenvalue weighted by atomic mass is 10.1. The van der Waals surface area contributed by atoms with Crippen LogP contribution in [0.3, 0.4) is 0 Å². The lowest BCUT2D eigenvalue weighted by Crippen LogP contribution is -2.22. The molecule has 0 spiro atoms. The predicted octanol–water partition coefficient (Wildman–Crippen LogP) is 5.76. The molecular weight excluding hydrogens is 380 g/mol. The predicted molar refractivity (Wildman–Crippen MR) is 109 cm³/mol. The van der Waals surface area contributed by atoms with Crippen LogP contribution < -0.4 is 5.32 Å². The second-order valence-electron chi connectivity index (χ2n) is 6.37. The number of carbonyl (C=O) groups is 1. The molecule has 2 aromatic carbocycles. The van der Waals surface area contributed by atoms with Crippen LogP contribution in [0.2, 0.25) is 5.02 Å². The Labute approximate surface area is 165 Å². The largest absolute Gasteiger partial charge is 0.451 e. The number of fused-ring (bicyclic) bond motifs is 1. The van der Waals surface area contributed by atoms with Gasteiger partial charge in [0.1, 0.15) is 10.6 Å². The van der Waals surface area contributed by atoms with E-state index in [-0.39, 0.29) is 5.91 Å². The quantitative estimate of drug-likeness (QED) is 0.477. The smallest absolute Gasteiger partial charge is 0.287 e. The van der Waals surface area contributed by atoms with Crippen molar-refractivity contribution in [3.8, 4) is 11.3 Å². The third-order valence-electron chi connectivity index (χ3n) is 4.39. The van der Waals surface area contributed by atoms with Crippen LogP contribution in [-0.2, 0) is 6.54 Å². The Morgan fingerprint density at radius 2 is 1.96 bits per heavy atom. The van der Waals surface area contributed by atoms with Gasteiger partial charge in [-0.1, -0.05) is 35.9 Å². The fourth-order valence-corrected chi connectivity index (χ4v) is 3.80. The fraction of sp³-hybridized carbons (Fsp3) is 0.143. The molecule has 1 N–H and O–H groups in total. The summed E-state index contributed by atoms with van der Waals surface area (Å²) in [5, 5.41) is 7.36. The van der Waals surface area contributed by atoms with Crippen LogP contribution in [0.25, 0.3) is 22.2 Å². The highest BCUT2D eigenvalue weighted by molar-refractivity contribution is 7.09. The van der Waals surface area contributed by atoms with Gasteiger partial charge in [-0.15, -0.1) is 11.3 Å². The number of benzene rings is 2. The minimum atomic E-state index is -0.232. The van der Waals surface area contributed by atoms with E-state index in [1.54, 1.807) is 0 Å². The van der Waals surface area contributed by atoms with Crippen molar-refractivity contribution < 1.29 is 9.21 Å². The maximum atomic E-state index is 12.6. The molecule has 0 aliphatic rings. The number of thiazole rings is 1. The Morgan fingerprint density at radius 3 is 2.74 bits per heavy atom. The molecule has 0 saturated carbocycles. The molecule has 6 heteroatoms. The van der Waals surface area contributed by atoms with Gasteiger partial charge in [0, 0.05) is 26.9 Å². The molecule has 0 radical (unpaired) electrons. The topological polar surface area (TPSA) is 55.1 Å². The number of furan rings is 1. The summed E-state index contributed by atoms with van der Waals surface area (Å²) in [6.45, 7) is 4.25. The highest BCUT2D eigenvalue weighted by atomic mass is 35.5. The highest BCUT2D eigenvalue weighted by Gasteiger charge is 2.18. The molecule has 136 valence electrons. The Balaban J connectivity index is 1.48. The number of hydrogen-bond acceptors (Lipinski definition) is 4. The Bertz CT molecular complexity index is 1130. The van der Waals surface area contributed by atoms with Gasteiger partial charge < -0.3 is 9.73 Å². The summed E-state index contributed by atoms with van der Waals surface area (Å²) >= 11 is 7.43. The molecule has 4 nitrogen and oxygen atoms in total. The summed E-state index contributed by atoms with van der Waals surface area (Å²) in [7, 11) is 0. The molecule has 1 amide bonds. The molecule has 4 rings (SSSR count). The molecule has 0 fully saturated rings. The van der Waals surface area contributed by atoms with Gasteiger partial charge in [0.05, 0.1) is 12.2 Å². The van der Waals surface area contributed by atoms with E-state index >= 15 is 0 Å². The van der Waals surface area contributed by atoms with Crippen molar-refractivity contribution in [3.63, 3.8) is 0 Å². The summed E-state index contributed by atoms with van der Waals surface area (Å²) in [6, 6.07) is 13.5. The normalized spacial score (nSPS) is 11.1. The summed E-state index contributed by atoms with van der Waals surface area (Å²) in [5.41, 5.74) is 4.55. The van der Waals surface area contributed by atoms with Crippen molar-refractivity contribution in [2.24, 2.45) is 0 Å². The molecule has 0 aliphatic heterocycles. The van der Waals surface area contributed by atoms with Gasteiger partial charge in [-0.05, 0) is 37.6 Å². The number of rotatable bonds is 4. The van der Waals surface area contributed by atoms with Gasteiger partial charge >= 0.3 is 0 Å². The molecule has 0 bridgehead atoms. The van der Waals surface area contributed by atoms with Crippen molar-refractivity contribution in [2.45, 2.75) is 20.4 Å². The lowest BCUT2D eigenvalue weighted by molar-refractivity contribution is 0.0924. The zero-order valence-corrected chi connectivity index (χ0v) is 16.4. The van der Waals surface area contributed by atoms with E-state index in [2.05, 4.69) is 10.3 Å². The molecule has 0 saturated heterocycles. The monoisotopic (exact) mass is 396 g/mol. The Morgan fingerprint density at radius 1 is 1.19 bits per heavy atom. The molecule has 0 aliphatic carbocycles. The van der Waals surface area contributed by atoms with Gasteiger partial charge in [0.25, 0.3) is 5.91 Å². The standard InChI is InChI=1S/C21H17ClN2O2S/c1-12-3-8-16-13(2)20(26-18(16)9-12)21(25)23-10-19-24-17(11-27-19)14-4-6-15(22)7-5-14/h3-9,11H,10H2,1-2H3,(H,23,25). The van der Waals surface area contributed by atoms with Gasteiger partial charge in [-0.25, -0.2) is 4.98 Å². The average molecular weight is 397 g/mol. The second kappa shape index (κ2) is 7.18. The first-order chi connectivity index (χ1) is 13.0. The van der Waals surface area contributed by atoms with Crippen LogP contribution >= 0.6 is 22.9 Å². The van der Waals surface area contributed by atoms with Crippen LogP contribution in [0.15, 0.2) is 52.3 Å². The van der Waals surface area contributed by atoms with E-state index < -0.39 is 0 Å². The maximum Gasteiger partial charge on any atom is 0.287 e. The second-order valence-corrected chi connectivity index (χ2v) is 7.75. The summed E-state index contributed by atoms with van der Waals surface area (Å²) in [6.07, 6.45) is 0. The molecule has 2 heterocycles. The van der Waals surface area contributed by atoms with Crippen LogP contribution in [0.5, 0.6) is 0 Å². The summed E-state index contributed by atoms with van der Waals surface area (Å²) in [4.78, 5) is 17.1. The zero-order chi connectivity index (χ0) is 19.0. The fourth-order valence-electron chi connectivity index (χ4n) is 2.93. The van der Waals surface area contributed by atoms with Crippen molar-refractivity contribution in [2.75, 3.05) is 0 Å². The first-order valence-corrected chi connectivity index (χ1v) is 9.75. The van der Waals surface area contributed by atoms with Gasteiger partial charge in [-0.3, -0.25) is 4.79 Å². The van der Waals surface area contributed by atoms with Crippen molar-refractivity contribution >= 4 is 39.8 Å². The third kappa shape index (κ3) is 3.61. The minimum absolute atomic E-state index is 0.232. The van der Waals surface area contributed by atoms with Crippen LogP contribution in [0.4, 0.5) is 0 Å². The highest BCUT2D eigenvalue weighted by Crippen LogP contribution is 2.27. The Kier molecular flexibility index (Phi) is 4.72. The molecule has 0 unspecified atom stereocenters. The number of halogens is 1. The third-order valence-corrected chi connectivity index (χ3v) is 5.49. The van der Waals surface area contributed by atoms with Gasteiger partial charge in [0.2, 0.25) is 0 Å². The minimum Gasteiger partial charge on any atom is -0.451 e. The van der Waals surface area contributed by atoms with Crippen molar-refractivity contribution in [1.29, 1.82) is 0 Å². The van der Waals surface area contributed by atoms with Crippen molar-refractivity contribution in [1.82, 2.24) is 10.3 Å². The molecule has 2 aromatic heterocycles. The Hall–Kier alpha value is -2.63. The van der Waals surface area contributed by atoms with Crippen molar-refractivity contribution in [3.05, 3.63) is 74.8 Å². The number of nitrogens with one attached hydrogen (secondary N) is 1. The van der Waals surface area contributed by atoms with Crippen LogP contribution in [-0.4, -0.2) is 10.9 Å². The van der Waals surface area contributed by atoms with E-state index in [0.717, 1.165) is 38.4 Å². The van der Waals surface area contributed by atoms with E-state index in [1.165, 1.54) is 11.3 Å². The van der Waals surface area contributed by atoms with Crippen LogP contribution in [0, 0.1) is 13.8 Å². The number of carbonyl (C=O) groups excluding carboxylic acids is 1. The summed E-state index contributed by atoms with van der Waals surface area (Å²) in [5.74, 6) is 0.120. The molecule has 4 aromatic rings. The number of aryl methyl sites for hydroxylation is 2. The molecule has 27 heavy (non-hydrogen) atoms. The number of aromatic nitrogens is 1. The van der Waals surface area contributed by atoms with E-state index in [4.69, 9.17) is 16.0 Å². The summed E-state index contributed by atoms with van der Waals surface area (Å²) < 4.78 is 5.77. The first-order valence-electron chi connectivity index (χ1n) is 8.49. The zero-order valence-electron chi connectivity index (χ0n) is 14.9. The van der Waals surface area contributed by atoms with Gasteiger partial charge in [-0.2, -0.15) is 0 Å². The van der Waals surface area contributed by atoms with E-state index in [1.807, 2.05) is 61.7 Å². The number of nitrogens with zero attached hydrogens (tertiary/aromatic N) is 1. The SMILES string of the molecule is Cc1ccc2c(C)c(C(=O)NCc3nc(-c4ccc(Cl)cc4)cs3)oc2c1. The molecular formula is C21H17ClN2O2S. The van der Waals surface area contributed by atoms with Crippen LogP contribution in [0.1, 0.15) is 26.7 Å². The van der Waals surface area contributed by atoms with E-state index in [9.17, 15) is 4.79 Å². The number of hydrogen-bond donors (Lipinski definition) is 1. The molecule has 0 atom stereocenters. The van der Waals surface area contributed by atoms with Gasteiger partial charge in [0.15, 0.2) is 5.76 Å². The maximum absolute atomic E-state index is 12.6. The number of amides is 1. The first kappa shape index (κ1) is 17.8. The average Bonchev–Trinajstić information content (AvgIpc) is 3.25.